The molecule has 1 N–H and O–H groups in total. The first kappa shape index (κ1) is 27.9. The summed E-state index contributed by atoms with van der Waals surface area (Å²) in [6, 6.07) is 10.9. The van der Waals surface area contributed by atoms with Crippen LogP contribution in [-0.4, -0.2) is 71.9 Å². The second kappa shape index (κ2) is 10.9. The van der Waals surface area contributed by atoms with Gasteiger partial charge in [0.1, 0.15) is 6.04 Å². The van der Waals surface area contributed by atoms with Crippen LogP contribution in [0.15, 0.2) is 53.7 Å². The average Bonchev–Trinajstić information content (AvgIpc) is 3.45. The van der Waals surface area contributed by atoms with E-state index in [-0.39, 0.29) is 46.9 Å². The summed E-state index contributed by atoms with van der Waals surface area (Å²) in [7, 11) is -3.93. The molecule has 2 aliphatic heterocycles. The highest BCUT2D eigenvalue weighted by Gasteiger charge is 2.53. The lowest BCUT2D eigenvalue weighted by molar-refractivity contribution is -0.137. The Morgan fingerprint density at radius 1 is 1.13 bits per heavy atom. The van der Waals surface area contributed by atoms with Crippen LogP contribution in [0.2, 0.25) is 0 Å². The number of pyridine rings is 1. The van der Waals surface area contributed by atoms with E-state index in [1.807, 2.05) is 31.2 Å². The molecule has 0 saturated carbocycles. The molecular formula is C28H36N4O5S. The van der Waals surface area contributed by atoms with E-state index in [1.165, 1.54) is 21.5 Å². The van der Waals surface area contributed by atoms with E-state index < -0.39 is 22.1 Å². The Balaban J connectivity index is 1.29. The Hall–Kier alpha value is -3.11. The predicted octanol–water partition coefficient (Wildman–Crippen LogP) is 2.77. The summed E-state index contributed by atoms with van der Waals surface area (Å²) in [5, 5.41) is 2.82. The number of likely N-dealkylation sites (tertiary alicyclic amines) is 1. The summed E-state index contributed by atoms with van der Waals surface area (Å²) in [5.41, 5.74) is 1.76. The molecule has 2 saturated heterocycles. The van der Waals surface area contributed by atoms with Crippen LogP contribution < -0.4 is 5.32 Å². The minimum atomic E-state index is -3.93. The van der Waals surface area contributed by atoms with Crippen molar-refractivity contribution in [1.29, 1.82) is 0 Å². The van der Waals surface area contributed by atoms with Crippen molar-refractivity contribution in [3.63, 3.8) is 0 Å². The first-order valence-corrected chi connectivity index (χ1v) is 14.5. The summed E-state index contributed by atoms with van der Waals surface area (Å²) in [5.74, 6) is -0.607. The Kier molecular flexibility index (Phi) is 8.04. The van der Waals surface area contributed by atoms with Crippen molar-refractivity contribution in [2.75, 3.05) is 19.6 Å². The van der Waals surface area contributed by atoms with Gasteiger partial charge in [-0.1, -0.05) is 45.9 Å². The topological polar surface area (TPSA) is 117 Å². The largest absolute Gasteiger partial charge is 0.352 e. The number of carbonyl (C=O) groups excluding carboxylic acids is 3. The van der Waals surface area contributed by atoms with E-state index in [9.17, 15) is 22.8 Å². The monoisotopic (exact) mass is 540 g/mol. The van der Waals surface area contributed by atoms with Crippen LogP contribution >= 0.6 is 0 Å². The van der Waals surface area contributed by atoms with Crippen LogP contribution in [0.1, 0.15) is 62.9 Å². The number of fused-ring (bicyclic) bond motifs is 1. The third-order valence-electron chi connectivity index (χ3n) is 7.37. The van der Waals surface area contributed by atoms with Gasteiger partial charge in [0.05, 0.1) is 12.6 Å². The van der Waals surface area contributed by atoms with Crippen molar-refractivity contribution in [3.8, 4) is 0 Å². The van der Waals surface area contributed by atoms with Crippen molar-refractivity contribution in [2.45, 2.75) is 69.5 Å². The lowest BCUT2D eigenvalue weighted by Crippen LogP contribution is -2.44. The van der Waals surface area contributed by atoms with Crippen molar-refractivity contribution >= 4 is 27.6 Å². The number of sulfonamides is 1. The van der Waals surface area contributed by atoms with Gasteiger partial charge >= 0.3 is 0 Å². The Morgan fingerprint density at radius 3 is 2.47 bits per heavy atom. The van der Waals surface area contributed by atoms with Crippen LogP contribution in [-0.2, 0) is 25.0 Å². The van der Waals surface area contributed by atoms with Crippen LogP contribution in [0, 0.1) is 5.92 Å². The molecule has 1 aromatic carbocycles. The Bertz CT molecular complexity index is 1290. The molecule has 2 aliphatic rings. The van der Waals surface area contributed by atoms with Gasteiger partial charge in [-0.3, -0.25) is 14.4 Å². The summed E-state index contributed by atoms with van der Waals surface area (Å²) in [6.07, 6.45) is 2.64. The molecule has 0 radical (unpaired) electrons. The number of hydrogen-bond acceptors (Lipinski definition) is 6. The van der Waals surface area contributed by atoms with E-state index in [2.05, 4.69) is 31.1 Å². The fourth-order valence-corrected chi connectivity index (χ4v) is 6.73. The molecule has 2 fully saturated rings. The molecule has 0 bridgehead atoms. The fourth-order valence-electron chi connectivity index (χ4n) is 5.17. The molecular weight excluding hydrogens is 504 g/mol. The highest BCUT2D eigenvalue weighted by atomic mass is 32.2. The number of nitrogens with one attached hydrogen (secondary N) is 1. The van der Waals surface area contributed by atoms with Crippen LogP contribution in [0.5, 0.6) is 0 Å². The average molecular weight is 541 g/mol. The van der Waals surface area contributed by atoms with Crippen LogP contribution in [0.3, 0.4) is 0 Å². The third-order valence-corrected chi connectivity index (χ3v) is 9.15. The predicted molar refractivity (Wildman–Crippen MR) is 143 cm³/mol. The van der Waals surface area contributed by atoms with Crippen LogP contribution in [0.25, 0.3) is 0 Å². The molecule has 0 aliphatic carbocycles. The van der Waals surface area contributed by atoms with Gasteiger partial charge in [0, 0.05) is 31.3 Å². The normalized spacial score (nSPS) is 20.8. The third kappa shape index (κ3) is 5.81. The van der Waals surface area contributed by atoms with E-state index in [4.69, 9.17) is 0 Å². The van der Waals surface area contributed by atoms with Gasteiger partial charge in [-0.15, -0.1) is 0 Å². The number of Topliss-reactive ketones (excluding diaryl/α,β-unsaturated/α-hetero) is 1. The number of hydrogen-bond donors (Lipinski definition) is 1. The summed E-state index contributed by atoms with van der Waals surface area (Å²) < 4.78 is 27.4. The molecule has 4 rings (SSSR count). The zero-order chi connectivity index (χ0) is 27.7. The van der Waals surface area contributed by atoms with E-state index >= 15 is 0 Å². The fraction of sp³-hybridized carbons (Fsp3) is 0.500. The molecule has 3 atom stereocenters. The Morgan fingerprint density at radius 2 is 1.84 bits per heavy atom. The minimum absolute atomic E-state index is 0.0150. The number of nitrogens with zero attached hydrogens (tertiary/aromatic N) is 3. The Labute approximate surface area is 224 Å². The van der Waals surface area contributed by atoms with E-state index in [0.29, 0.717) is 31.5 Å². The number of rotatable bonds is 8. The first-order chi connectivity index (χ1) is 17.9. The standard InChI is InChI=1S/C28H36N4O5S/c1-19(12-15-30-27(35)20-8-10-21(11-9-20)28(2,3)4)17-25(34)31-16-13-22-26(31)23(33)18-32(22)38(36,37)24-7-5-6-14-29-24/h5-11,14,19,22,26H,12-13,15-18H2,1-4H3,(H,30,35). The van der Waals surface area contributed by atoms with Gasteiger partial charge in [0.2, 0.25) is 5.91 Å². The smallest absolute Gasteiger partial charge is 0.261 e. The lowest BCUT2D eigenvalue weighted by Gasteiger charge is -2.25. The van der Waals surface area contributed by atoms with Crippen molar-refractivity contribution in [3.05, 3.63) is 59.8 Å². The van der Waals surface area contributed by atoms with Gasteiger partial charge in [0.15, 0.2) is 10.8 Å². The summed E-state index contributed by atoms with van der Waals surface area (Å²) in [6.45, 7) is 8.80. The minimum Gasteiger partial charge on any atom is -0.352 e. The molecule has 38 heavy (non-hydrogen) atoms. The second-order valence-electron chi connectivity index (χ2n) is 11.3. The molecule has 2 amide bonds. The molecule has 204 valence electrons. The van der Waals surface area contributed by atoms with Crippen molar-refractivity contribution in [2.24, 2.45) is 5.92 Å². The van der Waals surface area contributed by atoms with Gasteiger partial charge in [-0.05, 0) is 54.0 Å². The molecule has 3 heterocycles. The maximum atomic E-state index is 13.1. The number of amides is 2. The zero-order valence-corrected chi connectivity index (χ0v) is 23.2. The van der Waals surface area contributed by atoms with E-state index in [0.717, 1.165) is 5.56 Å². The van der Waals surface area contributed by atoms with Crippen LogP contribution in [0.4, 0.5) is 0 Å². The molecule has 9 nitrogen and oxygen atoms in total. The number of benzene rings is 1. The molecule has 1 aromatic heterocycles. The number of aromatic nitrogens is 1. The van der Waals surface area contributed by atoms with Gasteiger partial charge < -0.3 is 10.2 Å². The molecule has 0 spiro atoms. The second-order valence-corrected chi connectivity index (χ2v) is 13.1. The molecule has 3 unspecified atom stereocenters. The zero-order valence-electron chi connectivity index (χ0n) is 22.4. The maximum absolute atomic E-state index is 13.1. The van der Waals surface area contributed by atoms with E-state index in [1.54, 1.807) is 12.1 Å². The van der Waals surface area contributed by atoms with Gasteiger partial charge in [0.25, 0.3) is 15.9 Å². The number of carbonyl (C=O) groups is 3. The summed E-state index contributed by atoms with van der Waals surface area (Å²) >= 11 is 0. The van der Waals surface area contributed by atoms with Crippen molar-refractivity contribution < 1.29 is 22.8 Å². The van der Waals surface area contributed by atoms with Gasteiger partial charge in [-0.25, -0.2) is 13.4 Å². The summed E-state index contributed by atoms with van der Waals surface area (Å²) in [4.78, 5) is 43.9. The molecule has 2 aromatic rings. The molecule has 10 heteroatoms. The number of ketones is 1. The highest BCUT2D eigenvalue weighted by Crippen LogP contribution is 2.34. The van der Waals surface area contributed by atoms with Gasteiger partial charge in [-0.2, -0.15) is 4.31 Å². The first-order valence-electron chi connectivity index (χ1n) is 13.0. The maximum Gasteiger partial charge on any atom is 0.261 e. The van der Waals surface area contributed by atoms with Crippen molar-refractivity contribution in [1.82, 2.24) is 19.5 Å². The quantitative estimate of drug-likeness (QED) is 0.550. The highest BCUT2D eigenvalue weighted by molar-refractivity contribution is 7.89. The SMILES string of the molecule is CC(CCNC(=O)c1ccc(C(C)(C)C)cc1)CC(=O)N1CCC2C1C(=O)CN2S(=O)(=O)c1ccccn1. The lowest BCUT2D eigenvalue weighted by atomic mass is 9.87.